The highest BCUT2D eigenvalue weighted by molar-refractivity contribution is 7.88. The summed E-state index contributed by atoms with van der Waals surface area (Å²) < 4.78 is 29.1. The van der Waals surface area contributed by atoms with Gasteiger partial charge in [-0.05, 0) is 37.1 Å². The molecular weight excluding hydrogens is 334 g/mol. The summed E-state index contributed by atoms with van der Waals surface area (Å²) >= 11 is 0. The van der Waals surface area contributed by atoms with Crippen LogP contribution in [0.5, 0.6) is 0 Å². The molecule has 9 heteroatoms. The number of carbonyl (C=O) groups is 2. The molecule has 8 nitrogen and oxygen atoms in total. The number of carbonyl (C=O) groups excluding carboxylic acids is 2. The zero-order chi connectivity index (χ0) is 17.7. The first-order valence-electron chi connectivity index (χ1n) is 7.50. The van der Waals surface area contributed by atoms with Crippen LogP contribution in [-0.4, -0.2) is 51.2 Å². The van der Waals surface area contributed by atoms with Gasteiger partial charge in [0.25, 0.3) is 0 Å². The lowest BCUT2D eigenvalue weighted by Gasteiger charge is -2.30. The number of methoxy groups -OCH3 is 1. The summed E-state index contributed by atoms with van der Waals surface area (Å²) in [6.45, 7) is 0.656. The average molecular weight is 355 g/mol. The van der Waals surface area contributed by atoms with E-state index in [0.29, 0.717) is 30.8 Å². The minimum Gasteiger partial charge on any atom is -0.453 e. The Kier molecular flexibility index (Phi) is 5.79. The second kappa shape index (κ2) is 7.63. The SMILES string of the molecule is COC(=O)Nc1ccc(NC(=O)C2CCCN(S(C)(=O)=O)C2)cc1. The van der Waals surface area contributed by atoms with Gasteiger partial charge in [-0.15, -0.1) is 0 Å². The molecule has 1 aliphatic rings. The van der Waals surface area contributed by atoms with Gasteiger partial charge in [0.2, 0.25) is 15.9 Å². The first-order chi connectivity index (χ1) is 11.3. The number of rotatable bonds is 4. The van der Waals surface area contributed by atoms with Gasteiger partial charge < -0.3 is 10.1 Å². The van der Waals surface area contributed by atoms with E-state index >= 15 is 0 Å². The molecule has 0 spiro atoms. The molecule has 0 aliphatic carbocycles. The van der Waals surface area contributed by atoms with Gasteiger partial charge in [0, 0.05) is 24.5 Å². The number of piperidine rings is 1. The third-order valence-corrected chi connectivity index (χ3v) is 5.08. The van der Waals surface area contributed by atoms with Crippen molar-refractivity contribution in [1.29, 1.82) is 0 Å². The van der Waals surface area contributed by atoms with Crippen LogP contribution in [0.25, 0.3) is 0 Å². The molecule has 2 amide bonds. The maximum atomic E-state index is 12.3. The van der Waals surface area contributed by atoms with Crippen molar-refractivity contribution in [2.45, 2.75) is 12.8 Å². The molecule has 1 aliphatic heterocycles. The van der Waals surface area contributed by atoms with Gasteiger partial charge in [0.1, 0.15) is 0 Å². The van der Waals surface area contributed by atoms with Gasteiger partial charge in [-0.3, -0.25) is 10.1 Å². The van der Waals surface area contributed by atoms with E-state index in [-0.39, 0.29) is 18.4 Å². The zero-order valence-electron chi connectivity index (χ0n) is 13.6. The molecule has 1 unspecified atom stereocenters. The highest BCUT2D eigenvalue weighted by Gasteiger charge is 2.30. The maximum absolute atomic E-state index is 12.3. The number of nitrogens with zero attached hydrogens (tertiary/aromatic N) is 1. The summed E-state index contributed by atoms with van der Waals surface area (Å²) in [4.78, 5) is 23.4. The van der Waals surface area contributed by atoms with Crippen molar-refractivity contribution >= 4 is 33.4 Å². The molecule has 0 bridgehead atoms. The van der Waals surface area contributed by atoms with Gasteiger partial charge in [0.15, 0.2) is 0 Å². The molecule has 2 N–H and O–H groups in total. The van der Waals surface area contributed by atoms with E-state index in [0.717, 1.165) is 6.26 Å². The second-order valence-electron chi connectivity index (χ2n) is 5.64. The molecule has 2 rings (SSSR count). The topological polar surface area (TPSA) is 105 Å². The number of benzene rings is 1. The highest BCUT2D eigenvalue weighted by Crippen LogP contribution is 2.21. The van der Waals surface area contributed by atoms with Gasteiger partial charge in [-0.2, -0.15) is 0 Å². The normalized spacial score (nSPS) is 18.7. The predicted molar refractivity (Wildman–Crippen MR) is 90.2 cm³/mol. The molecule has 1 heterocycles. The van der Waals surface area contributed by atoms with Crippen molar-refractivity contribution in [3.8, 4) is 0 Å². The van der Waals surface area contributed by atoms with Crippen molar-refractivity contribution in [2.24, 2.45) is 5.92 Å². The summed E-state index contributed by atoms with van der Waals surface area (Å²) in [7, 11) is -2.01. The number of hydrogen-bond donors (Lipinski definition) is 2. The van der Waals surface area contributed by atoms with Gasteiger partial charge in [-0.1, -0.05) is 0 Å². The number of nitrogens with one attached hydrogen (secondary N) is 2. The Balaban J connectivity index is 1.95. The monoisotopic (exact) mass is 355 g/mol. The Morgan fingerprint density at radius 2 is 1.75 bits per heavy atom. The van der Waals surface area contributed by atoms with Crippen LogP contribution >= 0.6 is 0 Å². The molecule has 24 heavy (non-hydrogen) atoms. The van der Waals surface area contributed by atoms with E-state index in [2.05, 4.69) is 15.4 Å². The number of amides is 2. The summed E-state index contributed by atoms with van der Waals surface area (Å²) in [5, 5.41) is 5.28. The molecular formula is C15H21N3O5S. The number of hydrogen-bond acceptors (Lipinski definition) is 5. The number of ether oxygens (including phenoxy) is 1. The summed E-state index contributed by atoms with van der Waals surface area (Å²) in [6.07, 6.45) is 1.89. The standard InChI is InChI=1S/C15H21N3O5S/c1-23-15(20)17-13-7-5-12(6-8-13)16-14(19)11-4-3-9-18(10-11)24(2,21)22/h5-8,11H,3-4,9-10H2,1-2H3,(H,16,19)(H,17,20). The van der Waals surface area contributed by atoms with E-state index in [9.17, 15) is 18.0 Å². The Bertz CT molecular complexity index is 702. The summed E-state index contributed by atoms with van der Waals surface area (Å²) in [6, 6.07) is 6.58. The molecule has 1 saturated heterocycles. The lowest BCUT2D eigenvalue weighted by atomic mass is 9.98. The van der Waals surface area contributed by atoms with Crippen molar-refractivity contribution in [1.82, 2.24) is 4.31 Å². The van der Waals surface area contributed by atoms with Crippen LogP contribution in [0, 0.1) is 5.92 Å². The fourth-order valence-electron chi connectivity index (χ4n) is 2.51. The van der Waals surface area contributed by atoms with Crippen LogP contribution in [0.4, 0.5) is 16.2 Å². The average Bonchev–Trinajstić information content (AvgIpc) is 2.56. The predicted octanol–water partition coefficient (Wildman–Crippen LogP) is 1.47. The fraction of sp³-hybridized carbons (Fsp3) is 0.467. The largest absolute Gasteiger partial charge is 0.453 e. The molecule has 0 saturated carbocycles. The molecule has 1 atom stereocenters. The zero-order valence-corrected chi connectivity index (χ0v) is 14.4. The third-order valence-electron chi connectivity index (χ3n) is 3.81. The molecule has 1 aromatic rings. The fourth-order valence-corrected chi connectivity index (χ4v) is 3.42. The van der Waals surface area contributed by atoms with Gasteiger partial charge in [-0.25, -0.2) is 17.5 Å². The molecule has 0 radical (unpaired) electrons. The van der Waals surface area contributed by atoms with E-state index < -0.39 is 16.1 Å². The minimum atomic E-state index is -3.28. The van der Waals surface area contributed by atoms with Crippen molar-refractivity contribution in [2.75, 3.05) is 37.1 Å². The van der Waals surface area contributed by atoms with Gasteiger partial charge in [0.05, 0.1) is 19.3 Å². The number of anilines is 2. The minimum absolute atomic E-state index is 0.201. The van der Waals surface area contributed by atoms with Crippen LogP contribution in [0.3, 0.4) is 0 Å². The lowest BCUT2D eigenvalue weighted by Crippen LogP contribution is -2.43. The van der Waals surface area contributed by atoms with Crippen molar-refractivity contribution in [3.63, 3.8) is 0 Å². The Morgan fingerprint density at radius 1 is 1.17 bits per heavy atom. The molecule has 1 fully saturated rings. The first-order valence-corrected chi connectivity index (χ1v) is 9.35. The van der Waals surface area contributed by atoms with E-state index in [1.165, 1.54) is 11.4 Å². The van der Waals surface area contributed by atoms with Crippen molar-refractivity contribution < 1.29 is 22.7 Å². The third kappa shape index (κ3) is 4.93. The summed E-state index contributed by atoms with van der Waals surface area (Å²) in [5.74, 6) is -0.585. The van der Waals surface area contributed by atoms with Crippen molar-refractivity contribution in [3.05, 3.63) is 24.3 Å². The first kappa shape index (κ1) is 18.2. The summed E-state index contributed by atoms with van der Waals surface area (Å²) in [5.41, 5.74) is 1.12. The van der Waals surface area contributed by atoms with E-state index in [1.54, 1.807) is 24.3 Å². The molecule has 0 aromatic heterocycles. The maximum Gasteiger partial charge on any atom is 0.411 e. The number of sulfonamides is 1. The van der Waals surface area contributed by atoms with Crippen LogP contribution in [0.1, 0.15) is 12.8 Å². The smallest absolute Gasteiger partial charge is 0.411 e. The van der Waals surface area contributed by atoms with Crippen LogP contribution in [0.15, 0.2) is 24.3 Å². The second-order valence-corrected chi connectivity index (χ2v) is 7.63. The van der Waals surface area contributed by atoms with E-state index in [1.807, 2.05) is 0 Å². The highest BCUT2D eigenvalue weighted by atomic mass is 32.2. The lowest BCUT2D eigenvalue weighted by molar-refractivity contribution is -0.120. The van der Waals surface area contributed by atoms with Crippen LogP contribution in [-0.2, 0) is 19.6 Å². The Morgan fingerprint density at radius 3 is 2.29 bits per heavy atom. The van der Waals surface area contributed by atoms with Crippen LogP contribution < -0.4 is 10.6 Å². The van der Waals surface area contributed by atoms with Crippen LogP contribution in [0.2, 0.25) is 0 Å². The molecule has 132 valence electrons. The Labute approximate surface area is 141 Å². The van der Waals surface area contributed by atoms with Gasteiger partial charge >= 0.3 is 6.09 Å². The molecule has 1 aromatic carbocycles. The Hall–Kier alpha value is -2.13. The van der Waals surface area contributed by atoms with E-state index in [4.69, 9.17) is 0 Å². The quantitative estimate of drug-likeness (QED) is 0.851.